The molecule has 1 fully saturated rings. The summed E-state index contributed by atoms with van der Waals surface area (Å²) in [7, 11) is 1.90. The van der Waals surface area contributed by atoms with Crippen LogP contribution in [0.15, 0.2) is 24.3 Å². The highest BCUT2D eigenvalue weighted by molar-refractivity contribution is 5.95. The summed E-state index contributed by atoms with van der Waals surface area (Å²) >= 11 is 0. The highest BCUT2D eigenvalue weighted by atomic mass is 16.5. The molecule has 0 atom stereocenters. The number of anilines is 1. The van der Waals surface area contributed by atoms with Crippen molar-refractivity contribution < 1.29 is 14.3 Å². The number of nitrogens with one attached hydrogen (secondary N) is 1. The minimum atomic E-state index is -0.0295. The van der Waals surface area contributed by atoms with Crippen LogP contribution < -0.4 is 5.32 Å². The van der Waals surface area contributed by atoms with Crippen molar-refractivity contribution in [1.29, 1.82) is 0 Å². The summed E-state index contributed by atoms with van der Waals surface area (Å²) in [6, 6.07) is 7.52. The Bertz CT molecular complexity index is 551. The standard InChI is InChI=1S/C20H30N2O3/c1-3-25-15-7-10-19(23)21-17-13-11-16(12-14-17)20(24)22(2)18-8-5-4-6-9-18/h11-14,18H,3-10,15H2,1-2H3,(H,21,23). The van der Waals surface area contributed by atoms with E-state index in [1.54, 1.807) is 24.3 Å². The largest absolute Gasteiger partial charge is 0.382 e. The first-order valence-electron chi connectivity index (χ1n) is 9.36. The minimum Gasteiger partial charge on any atom is -0.382 e. The van der Waals surface area contributed by atoms with Gasteiger partial charge in [-0.3, -0.25) is 9.59 Å². The summed E-state index contributed by atoms with van der Waals surface area (Å²) in [6.07, 6.45) is 7.02. The molecule has 138 valence electrons. The van der Waals surface area contributed by atoms with Gasteiger partial charge in [0.1, 0.15) is 0 Å². The lowest BCUT2D eigenvalue weighted by Crippen LogP contribution is -2.38. The number of amides is 2. The van der Waals surface area contributed by atoms with Gasteiger partial charge in [0.15, 0.2) is 0 Å². The zero-order chi connectivity index (χ0) is 18.1. The normalized spacial score (nSPS) is 15.0. The first-order chi connectivity index (χ1) is 12.1. The third-order valence-corrected chi connectivity index (χ3v) is 4.76. The van der Waals surface area contributed by atoms with Crippen LogP contribution in [0.4, 0.5) is 5.69 Å². The fourth-order valence-corrected chi connectivity index (χ4v) is 3.24. The average molecular weight is 346 g/mol. The molecule has 2 rings (SSSR count). The van der Waals surface area contributed by atoms with Crippen LogP contribution >= 0.6 is 0 Å². The van der Waals surface area contributed by atoms with Crippen LogP contribution in [0.5, 0.6) is 0 Å². The maximum absolute atomic E-state index is 12.6. The van der Waals surface area contributed by atoms with Gasteiger partial charge in [0, 0.05) is 44.0 Å². The van der Waals surface area contributed by atoms with Gasteiger partial charge < -0.3 is 15.0 Å². The number of hydrogen-bond donors (Lipinski definition) is 1. The minimum absolute atomic E-state index is 0.0295. The van der Waals surface area contributed by atoms with Crippen LogP contribution in [0.1, 0.15) is 62.2 Å². The maximum atomic E-state index is 12.6. The Labute approximate surface area is 150 Å². The lowest BCUT2D eigenvalue weighted by Gasteiger charge is -2.31. The summed E-state index contributed by atoms with van der Waals surface area (Å²) in [5.74, 6) is 0.0274. The molecule has 5 nitrogen and oxygen atoms in total. The zero-order valence-corrected chi connectivity index (χ0v) is 15.4. The monoisotopic (exact) mass is 346 g/mol. The summed E-state index contributed by atoms with van der Waals surface area (Å²) in [5, 5.41) is 2.86. The number of carbonyl (C=O) groups is 2. The Morgan fingerprint density at radius 3 is 2.48 bits per heavy atom. The highest BCUT2D eigenvalue weighted by Gasteiger charge is 2.22. The highest BCUT2D eigenvalue weighted by Crippen LogP contribution is 2.23. The molecular formula is C20H30N2O3. The first kappa shape index (κ1) is 19.4. The molecule has 1 N–H and O–H groups in total. The van der Waals surface area contributed by atoms with Gasteiger partial charge in [0.25, 0.3) is 5.91 Å². The van der Waals surface area contributed by atoms with Crippen molar-refractivity contribution >= 4 is 17.5 Å². The molecular weight excluding hydrogens is 316 g/mol. The smallest absolute Gasteiger partial charge is 0.253 e. The molecule has 5 heteroatoms. The number of rotatable bonds is 8. The lowest BCUT2D eigenvalue weighted by molar-refractivity contribution is -0.116. The van der Waals surface area contributed by atoms with Crippen molar-refractivity contribution in [3.63, 3.8) is 0 Å². The Hall–Kier alpha value is -1.88. The van der Waals surface area contributed by atoms with Gasteiger partial charge in [-0.15, -0.1) is 0 Å². The van der Waals surface area contributed by atoms with E-state index in [-0.39, 0.29) is 11.8 Å². The van der Waals surface area contributed by atoms with Gasteiger partial charge in [-0.25, -0.2) is 0 Å². The predicted octanol–water partition coefficient (Wildman–Crippen LogP) is 3.85. The van der Waals surface area contributed by atoms with Crippen LogP contribution in [0.25, 0.3) is 0 Å². The van der Waals surface area contributed by atoms with E-state index in [4.69, 9.17) is 4.74 Å². The van der Waals surface area contributed by atoms with Crippen molar-refractivity contribution in [3.05, 3.63) is 29.8 Å². The Morgan fingerprint density at radius 2 is 1.84 bits per heavy atom. The quantitative estimate of drug-likeness (QED) is 0.728. The Balaban J connectivity index is 1.84. The molecule has 1 saturated carbocycles. The van der Waals surface area contributed by atoms with Crippen LogP contribution in [-0.4, -0.2) is 43.0 Å². The van der Waals surface area contributed by atoms with Crippen LogP contribution in [0, 0.1) is 0 Å². The predicted molar refractivity (Wildman–Crippen MR) is 99.8 cm³/mol. The first-order valence-corrected chi connectivity index (χ1v) is 9.36. The average Bonchev–Trinajstić information content (AvgIpc) is 2.65. The van der Waals surface area contributed by atoms with Crippen molar-refractivity contribution in [2.45, 2.75) is 57.9 Å². The SMILES string of the molecule is CCOCCCC(=O)Nc1ccc(C(=O)N(C)C2CCCCC2)cc1. The van der Waals surface area contributed by atoms with E-state index >= 15 is 0 Å². The van der Waals surface area contributed by atoms with Gasteiger partial charge in [0.05, 0.1) is 0 Å². The topological polar surface area (TPSA) is 58.6 Å². The maximum Gasteiger partial charge on any atom is 0.253 e. The summed E-state index contributed by atoms with van der Waals surface area (Å²) < 4.78 is 5.23. The summed E-state index contributed by atoms with van der Waals surface area (Å²) in [4.78, 5) is 26.3. The zero-order valence-electron chi connectivity index (χ0n) is 15.4. The van der Waals surface area contributed by atoms with Crippen LogP contribution in [-0.2, 0) is 9.53 Å². The van der Waals surface area contributed by atoms with E-state index in [0.717, 1.165) is 18.5 Å². The summed E-state index contributed by atoms with van der Waals surface area (Å²) in [5.41, 5.74) is 1.39. The van der Waals surface area contributed by atoms with Crippen LogP contribution in [0.3, 0.4) is 0 Å². The number of nitrogens with zero attached hydrogens (tertiary/aromatic N) is 1. The number of carbonyl (C=O) groups excluding carboxylic acids is 2. The van der Waals surface area contributed by atoms with E-state index in [0.29, 0.717) is 37.7 Å². The number of benzene rings is 1. The van der Waals surface area contributed by atoms with Gasteiger partial charge in [-0.05, 0) is 50.5 Å². The molecule has 0 unspecified atom stereocenters. The molecule has 1 aromatic rings. The van der Waals surface area contributed by atoms with E-state index in [1.165, 1.54) is 19.3 Å². The Morgan fingerprint density at radius 1 is 1.16 bits per heavy atom. The molecule has 0 bridgehead atoms. The molecule has 1 aliphatic carbocycles. The molecule has 0 aliphatic heterocycles. The number of ether oxygens (including phenoxy) is 1. The summed E-state index contributed by atoms with van der Waals surface area (Å²) in [6.45, 7) is 3.21. The fourth-order valence-electron chi connectivity index (χ4n) is 3.24. The van der Waals surface area contributed by atoms with E-state index in [1.807, 2.05) is 18.9 Å². The van der Waals surface area contributed by atoms with Crippen LogP contribution in [0.2, 0.25) is 0 Å². The van der Waals surface area contributed by atoms with Gasteiger partial charge in [0.2, 0.25) is 5.91 Å². The second kappa shape index (κ2) is 10.2. The molecule has 0 spiro atoms. The second-order valence-electron chi connectivity index (χ2n) is 6.63. The third kappa shape index (κ3) is 6.16. The van der Waals surface area contributed by atoms with Crippen molar-refractivity contribution in [1.82, 2.24) is 4.90 Å². The molecule has 0 heterocycles. The van der Waals surface area contributed by atoms with E-state index in [2.05, 4.69) is 5.32 Å². The third-order valence-electron chi connectivity index (χ3n) is 4.76. The van der Waals surface area contributed by atoms with Gasteiger partial charge in [-0.2, -0.15) is 0 Å². The van der Waals surface area contributed by atoms with E-state index in [9.17, 15) is 9.59 Å². The molecule has 0 saturated heterocycles. The van der Waals surface area contributed by atoms with Gasteiger partial charge >= 0.3 is 0 Å². The molecule has 0 aromatic heterocycles. The molecule has 2 amide bonds. The molecule has 25 heavy (non-hydrogen) atoms. The van der Waals surface area contributed by atoms with Crippen molar-refractivity contribution in [3.8, 4) is 0 Å². The van der Waals surface area contributed by atoms with E-state index < -0.39 is 0 Å². The Kier molecular flexibility index (Phi) is 7.92. The van der Waals surface area contributed by atoms with Gasteiger partial charge in [-0.1, -0.05) is 19.3 Å². The van der Waals surface area contributed by atoms with Crippen molar-refractivity contribution in [2.75, 3.05) is 25.6 Å². The van der Waals surface area contributed by atoms with Crippen molar-refractivity contribution in [2.24, 2.45) is 0 Å². The second-order valence-corrected chi connectivity index (χ2v) is 6.63. The molecule has 1 aromatic carbocycles. The molecule has 1 aliphatic rings. The number of hydrogen-bond acceptors (Lipinski definition) is 3. The fraction of sp³-hybridized carbons (Fsp3) is 0.600. The molecule has 0 radical (unpaired) electrons. The lowest BCUT2D eigenvalue weighted by atomic mass is 9.94.